The molecule has 0 radical (unpaired) electrons. The Morgan fingerprint density at radius 3 is 2.18 bits per heavy atom. The molecule has 3 aromatic rings. The van der Waals surface area contributed by atoms with Crippen LogP contribution < -0.4 is 5.73 Å². The Labute approximate surface area is 234 Å². The standard InChI is InChI=1S/C33H36N2O3S/c1-33(2,3)24-17-15-22(16-18-24)27-28(30(36)26-13-8-20-39-26)25(19-14-21-9-5-4-6-10-21)35(29(27)31(34)37)32(38)23-11-7-12-23/h4-6,8-10,13-20,23,25,27-29H,7,11-12H2,1-3H3,(H2,34,37). The van der Waals surface area contributed by atoms with Crippen molar-refractivity contribution in [2.45, 2.75) is 63.5 Å². The van der Waals surface area contributed by atoms with Gasteiger partial charge in [-0.25, -0.2) is 0 Å². The number of benzene rings is 2. The van der Waals surface area contributed by atoms with E-state index in [-0.39, 0.29) is 23.0 Å². The summed E-state index contributed by atoms with van der Waals surface area (Å²) in [4.78, 5) is 43.7. The average molecular weight is 541 g/mol. The van der Waals surface area contributed by atoms with Crippen LogP contribution in [0.5, 0.6) is 0 Å². The van der Waals surface area contributed by atoms with E-state index >= 15 is 0 Å². The third-order valence-corrected chi connectivity index (χ3v) is 9.11. The second kappa shape index (κ2) is 10.9. The highest BCUT2D eigenvalue weighted by Gasteiger charge is 2.56. The molecule has 2 aromatic carbocycles. The first kappa shape index (κ1) is 27.1. The summed E-state index contributed by atoms with van der Waals surface area (Å²) in [5.41, 5.74) is 9.02. The van der Waals surface area contributed by atoms with Crippen LogP contribution in [0.4, 0.5) is 0 Å². The maximum atomic E-state index is 14.2. The molecule has 2 aliphatic rings. The van der Waals surface area contributed by atoms with E-state index in [1.807, 2.05) is 72.1 Å². The number of ketones is 1. The molecule has 1 saturated carbocycles. The second-order valence-electron chi connectivity index (χ2n) is 11.7. The van der Waals surface area contributed by atoms with Gasteiger partial charge in [0.25, 0.3) is 0 Å². The number of hydrogen-bond donors (Lipinski definition) is 1. The van der Waals surface area contributed by atoms with Crippen LogP contribution in [0, 0.1) is 11.8 Å². The van der Waals surface area contributed by atoms with Gasteiger partial charge in [-0.3, -0.25) is 14.4 Å². The molecule has 2 fully saturated rings. The molecular formula is C33H36N2O3S. The molecule has 6 heteroatoms. The number of nitrogens with two attached hydrogens (primary N) is 1. The van der Waals surface area contributed by atoms with Gasteiger partial charge in [0.2, 0.25) is 11.8 Å². The first-order chi connectivity index (χ1) is 18.7. The first-order valence-corrected chi connectivity index (χ1v) is 14.6. The molecule has 4 unspecified atom stereocenters. The Morgan fingerprint density at radius 2 is 1.64 bits per heavy atom. The zero-order chi connectivity index (χ0) is 27.7. The summed E-state index contributed by atoms with van der Waals surface area (Å²) in [7, 11) is 0. The molecule has 2 N–H and O–H groups in total. The Hall–Kier alpha value is -3.51. The summed E-state index contributed by atoms with van der Waals surface area (Å²) in [5.74, 6) is -2.06. The maximum absolute atomic E-state index is 14.2. The summed E-state index contributed by atoms with van der Waals surface area (Å²) in [5, 5.41) is 1.88. The minimum absolute atomic E-state index is 0.0450. The van der Waals surface area contributed by atoms with Crippen LogP contribution in [0.2, 0.25) is 0 Å². The fourth-order valence-corrected chi connectivity index (χ4v) is 6.60. The van der Waals surface area contributed by atoms with Crippen molar-refractivity contribution in [1.29, 1.82) is 0 Å². The zero-order valence-electron chi connectivity index (χ0n) is 22.7. The Morgan fingerprint density at radius 1 is 0.949 bits per heavy atom. The Bertz CT molecular complexity index is 1350. The number of carbonyl (C=O) groups excluding carboxylic acids is 3. The molecule has 0 spiro atoms. The van der Waals surface area contributed by atoms with E-state index in [1.165, 1.54) is 11.3 Å². The molecule has 4 atom stereocenters. The number of primary amides is 1. The third-order valence-electron chi connectivity index (χ3n) is 8.23. The van der Waals surface area contributed by atoms with Gasteiger partial charge < -0.3 is 10.6 Å². The Balaban J connectivity index is 1.67. The molecule has 39 heavy (non-hydrogen) atoms. The highest BCUT2D eigenvalue weighted by molar-refractivity contribution is 7.12. The monoisotopic (exact) mass is 540 g/mol. The van der Waals surface area contributed by atoms with Crippen molar-refractivity contribution in [2.24, 2.45) is 17.6 Å². The number of rotatable bonds is 7. The second-order valence-corrected chi connectivity index (χ2v) is 12.7. The third kappa shape index (κ3) is 5.35. The van der Waals surface area contributed by atoms with Crippen LogP contribution in [-0.4, -0.2) is 34.6 Å². The van der Waals surface area contributed by atoms with E-state index in [2.05, 4.69) is 32.9 Å². The van der Waals surface area contributed by atoms with E-state index < -0.39 is 29.8 Å². The minimum atomic E-state index is -0.919. The topological polar surface area (TPSA) is 80.5 Å². The summed E-state index contributed by atoms with van der Waals surface area (Å²) in [6.07, 6.45) is 6.46. The van der Waals surface area contributed by atoms with Crippen LogP contribution in [0.3, 0.4) is 0 Å². The fraction of sp³-hybridized carbons (Fsp3) is 0.364. The van der Waals surface area contributed by atoms with E-state index in [0.717, 1.165) is 36.0 Å². The van der Waals surface area contributed by atoms with Gasteiger partial charge in [0, 0.05) is 11.8 Å². The van der Waals surface area contributed by atoms with Crippen molar-refractivity contribution in [2.75, 3.05) is 0 Å². The van der Waals surface area contributed by atoms with Gasteiger partial charge >= 0.3 is 0 Å². The molecule has 5 rings (SSSR count). The first-order valence-electron chi connectivity index (χ1n) is 13.7. The van der Waals surface area contributed by atoms with E-state index in [9.17, 15) is 14.4 Å². The van der Waals surface area contributed by atoms with Gasteiger partial charge in [-0.2, -0.15) is 0 Å². The lowest BCUT2D eigenvalue weighted by molar-refractivity contribution is -0.144. The van der Waals surface area contributed by atoms with Gasteiger partial charge in [-0.1, -0.05) is 100 Å². The van der Waals surface area contributed by atoms with E-state index in [1.54, 1.807) is 4.90 Å². The summed E-state index contributed by atoms with van der Waals surface area (Å²) < 4.78 is 0. The SMILES string of the molecule is CC(C)(C)c1ccc(C2C(C(=O)c3cccs3)C(C=Cc3ccccc3)N(C(=O)C3CCC3)C2C(N)=O)cc1. The Kier molecular flexibility index (Phi) is 7.59. The fourth-order valence-electron chi connectivity index (χ4n) is 5.89. The molecule has 0 bridgehead atoms. The number of likely N-dealkylation sites (tertiary alicyclic amines) is 1. The van der Waals surface area contributed by atoms with E-state index in [4.69, 9.17) is 5.73 Å². The molecule has 2 heterocycles. The lowest BCUT2D eigenvalue weighted by Gasteiger charge is -2.35. The number of hydrogen-bond acceptors (Lipinski definition) is 4. The summed E-state index contributed by atoms with van der Waals surface area (Å²) >= 11 is 1.39. The average Bonchev–Trinajstić information content (AvgIpc) is 3.53. The van der Waals surface area contributed by atoms with Crippen LogP contribution in [-0.2, 0) is 15.0 Å². The number of carbonyl (C=O) groups is 3. The summed E-state index contributed by atoms with van der Waals surface area (Å²) in [6, 6.07) is 20.1. The number of amides is 2. The van der Waals surface area contributed by atoms with Crippen molar-refractivity contribution in [3.05, 3.63) is 99.8 Å². The van der Waals surface area contributed by atoms with Gasteiger partial charge in [-0.15, -0.1) is 11.3 Å². The highest BCUT2D eigenvalue weighted by atomic mass is 32.1. The number of thiophene rings is 1. The zero-order valence-corrected chi connectivity index (χ0v) is 23.6. The molecule has 1 aromatic heterocycles. The number of Topliss-reactive ketones (excluding diaryl/α,β-unsaturated/α-hetero) is 1. The van der Waals surface area contributed by atoms with Crippen LogP contribution in [0.25, 0.3) is 6.08 Å². The largest absolute Gasteiger partial charge is 0.368 e. The smallest absolute Gasteiger partial charge is 0.240 e. The molecule has 1 aliphatic carbocycles. The van der Waals surface area contributed by atoms with Gasteiger partial charge in [0.05, 0.1) is 16.8 Å². The predicted octanol–water partition coefficient (Wildman–Crippen LogP) is 6.21. The van der Waals surface area contributed by atoms with E-state index in [0.29, 0.717) is 4.88 Å². The van der Waals surface area contributed by atoms with Crippen LogP contribution in [0.1, 0.15) is 72.3 Å². The van der Waals surface area contributed by atoms with Crippen molar-refractivity contribution >= 4 is 35.0 Å². The number of nitrogens with zero attached hydrogens (tertiary/aromatic N) is 1. The molecule has 5 nitrogen and oxygen atoms in total. The highest BCUT2D eigenvalue weighted by Crippen LogP contribution is 2.47. The van der Waals surface area contributed by atoms with Gasteiger partial charge in [-0.05, 0) is 46.4 Å². The van der Waals surface area contributed by atoms with Gasteiger partial charge in [0.1, 0.15) is 6.04 Å². The van der Waals surface area contributed by atoms with Crippen molar-refractivity contribution in [3.63, 3.8) is 0 Å². The molecule has 1 aliphatic heterocycles. The van der Waals surface area contributed by atoms with Crippen LogP contribution >= 0.6 is 11.3 Å². The normalized spacial score (nSPS) is 23.6. The summed E-state index contributed by atoms with van der Waals surface area (Å²) in [6.45, 7) is 6.45. The van der Waals surface area contributed by atoms with Crippen molar-refractivity contribution in [3.8, 4) is 0 Å². The lowest BCUT2D eigenvalue weighted by atomic mass is 9.77. The molecule has 202 valence electrons. The molecule has 1 saturated heterocycles. The van der Waals surface area contributed by atoms with Gasteiger partial charge in [0.15, 0.2) is 5.78 Å². The predicted molar refractivity (Wildman–Crippen MR) is 156 cm³/mol. The molecular weight excluding hydrogens is 504 g/mol. The minimum Gasteiger partial charge on any atom is -0.368 e. The quantitative estimate of drug-likeness (QED) is 0.362. The maximum Gasteiger partial charge on any atom is 0.240 e. The lowest BCUT2D eigenvalue weighted by Crippen LogP contribution is -2.51. The van der Waals surface area contributed by atoms with Crippen molar-refractivity contribution in [1.82, 2.24) is 4.90 Å². The van der Waals surface area contributed by atoms with Crippen LogP contribution in [0.15, 0.2) is 78.2 Å². The molecule has 2 amide bonds. The van der Waals surface area contributed by atoms with Crippen molar-refractivity contribution < 1.29 is 14.4 Å².